The number of benzene rings is 1. The topological polar surface area (TPSA) is 46.5 Å². The Kier molecular flexibility index (Phi) is 3.77. The van der Waals surface area contributed by atoms with Crippen LogP contribution in [0.4, 0.5) is 13.2 Å². The Morgan fingerprint density at radius 1 is 1.29 bits per heavy atom. The fourth-order valence-corrected chi connectivity index (χ4v) is 1.22. The summed E-state index contributed by atoms with van der Waals surface area (Å²) in [5.41, 5.74) is -1.42. The maximum atomic E-state index is 12.6. The Bertz CT molecular complexity index is 432. The molecule has 0 saturated carbocycles. The van der Waals surface area contributed by atoms with Crippen molar-refractivity contribution in [3.63, 3.8) is 0 Å². The summed E-state index contributed by atoms with van der Waals surface area (Å²) in [5.74, 6) is -1.25. The molecule has 17 heavy (non-hydrogen) atoms. The van der Waals surface area contributed by atoms with Gasteiger partial charge in [0.25, 0.3) is 0 Å². The van der Waals surface area contributed by atoms with E-state index in [0.29, 0.717) is 5.75 Å². The molecule has 0 aliphatic carbocycles. The van der Waals surface area contributed by atoms with Crippen molar-refractivity contribution >= 4 is 11.5 Å². The average molecular weight is 246 g/mol. The molecule has 1 N–H and O–H groups in total. The van der Waals surface area contributed by atoms with Gasteiger partial charge in [-0.25, -0.2) is 4.79 Å². The van der Waals surface area contributed by atoms with E-state index in [-0.39, 0.29) is 11.6 Å². The standard InChI is InChI=1S/C11H9F3O3/c1-17-8-4-2-7(3-5-8)9(6-10(15)16)11(12,13)14/h2-6H,1H3,(H,15,16)/b9-6+. The van der Waals surface area contributed by atoms with Gasteiger partial charge in [-0.2, -0.15) is 13.2 Å². The molecule has 0 heterocycles. The molecule has 0 aromatic heterocycles. The number of hydrogen-bond donors (Lipinski definition) is 1. The summed E-state index contributed by atoms with van der Waals surface area (Å²) in [5, 5.41) is 8.41. The lowest BCUT2D eigenvalue weighted by molar-refractivity contribution is -0.131. The molecule has 6 heteroatoms. The number of ether oxygens (including phenoxy) is 1. The van der Waals surface area contributed by atoms with E-state index in [2.05, 4.69) is 0 Å². The van der Waals surface area contributed by atoms with Gasteiger partial charge in [0.2, 0.25) is 0 Å². The van der Waals surface area contributed by atoms with Gasteiger partial charge in [-0.3, -0.25) is 0 Å². The third-order valence-electron chi connectivity index (χ3n) is 1.97. The Morgan fingerprint density at radius 3 is 2.18 bits per heavy atom. The summed E-state index contributed by atoms with van der Waals surface area (Å²) >= 11 is 0. The summed E-state index contributed by atoms with van der Waals surface area (Å²) < 4.78 is 42.6. The number of carbonyl (C=O) groups is 1. The largest absolute Gasteiger partial charge is 0.497 e. The summed E-state index contributed by atoms with van der Waals surface area (Å²) in [6.07, 6.45) is -4.57. The highest BCUT2D eigenvalue weighted by Crippen LogP contribution is 2.34. The van der Waals surface area contributed by atoms with Crippen molar-refractivity contribution < 1.29 is 27.8 Å². The monoisotopic (exact) mass is 246 g/mol. The predicted octanol–water partition coefficient (Wildman–Crippen LogP) is 2.73. The first-order chi connectivity index (χ1) is 7.84. The van der Waals surface area contributed by atoms with Crippen molar-refractivity contribution in [1.29, 1.82) is 0 Å². The van der Waals surface area contributed by atoms with Gasteiger partial charge in [0.15, 0.2) is 0 Å². The molecule has 1 aromatic rings. The van der Waals surface area contributed by atoms with Crippen molar-refractivity contribution in [2.24, 2.45) is 0 Å². The van der Waals surface area contributed by atoms with E-state index in [1.807, 2.05) is 0 Å². The van der Waals surface area contributed by atoms with Crippen LogP contribution in [0.15, 0.2) is 30.3 Å². The van der Waals surface area contributed by atoms with E-state index in [0.717, 1.165) is 12.1 Å². The second-order valence-corrected chi connectivity index (χ2v) is 3.12. The molecule has 0 spiro atoms. The number of aliphatic carboxylic acids is 1. The molecule has 0 aliphatic rings. The maximum Gasteiger partial charge on any atom is 0.417 e. The molecule has 0 atom stereocenters. The highest BCUT2D eigenvalue weighted by molar-refractivity contribution is 5.91. The molecule has 1 aromatic carbocycles. The number of allylic oxidation sites excluding steroid dienone is 1. The van der Waals surface area contributed by atoms with Gasteiger partial charge >= 0.3 is 12.1 Å². The first kappa shape index (κ1) is 13.1. The van der Waals surface area contributed by atoms with Gasteiger partial charge in [0.05, 0.1) is 12.7 Å². The number of halogens is 3. The number of methoxy groups -OCH3 is 1. The molecule has 1 rings (SSSR count). The Hall–Kier alpha value is -1.98. The first-order valence-electron chi connectivity index (χ1n) is 4.51. The van der Waals surface area contributed by atoms with Crippen LogP contribution in [0.2, 0.25) is 0 Å². The molecule has 0 radical (unpaired) electrons. The summed E-state index contributed by atoms with van der Waals surface area (Å²) in [6.45, 7) is 0. The minimum Gasteiger partial charge on any atom is -0.497 e. The van der Waals surface area contributed by atoms with E-state index in [1.54, 1.807) is 0 Å². The van der Waals surface area contributed by atoms with Crippen LogP contribution in [0, 0.1) is 0 Å². The van der Waals surface area contributed by atoms with Crippen LogP contribution >= 0.6 is 0 Å². The number of carboxylic acids is 1. The van der Waals surface area contributed by atoms with E-state index >= 15 is 0 Å². The number of rotatable bonds is 3. The second-order valence-electron chi connectivity index (χ2n) is 3.12. The maximum absolute atomic E-state index is 12.6. The summed E-state index contributed by atoms with van der Waals surface area (Å²) in [6, 6.07) is 4.97. The van der Waals surface area contributed by atoms with Crippen molar-refractivity contribution in [3.8, 4) is 5.75 Å². The lowest BCUT2D eigenvalue weighted by atomic mass is 10.1. The molecule has 92 valence electrons. The molecule has 0 amide bonds. The molecular formula is C11H9F3O3. The van der Waals surface area contributed by atoms with Gasteiger partial charge in [0.1, 0.15) is 5.75 Å². The fraction of sp³-hybridized carbons (Fsp3) is 0.182. The Morgan fingerprint density at radius 2 is 1.82 bits per heavy atom. The molecular weight excluding hydrogens is 237 g/mol. The third-order valence-corrected chi connectivity index (χ3v) is 1.97. The van der Waals surface area contributed by atoms with E-state index in [9.17, 15) is 18.0 Å². The second kappa shape index (κ2) is 4.90. The normalized spacial score (nSPS) is 12.4. The van der Waals surface area contributed by atoms with Crippen LogP contribution in [-0.4, -0.2) is 24.4 Å². The predicted molar refractivity (Wildman–Crippen MR) is 54.7 cm³/mol. The van der Waals surface area contributed by atoms with Crippen molar-refractivity contribution in [2.75, 3.05) is 7.11 Å². The smallest absolute Gasteiger partial charge is 0.417 e. The zero-order chi connectivity index (χ0) is 13.1. The zero-order valence-corrected chi connectivity index (χ0v) is 8.78. The highest BCUT2D eigenvalue weighted by atomic mass is 19.4. The van der Waals surface area contributed by atoms with Gasteiger partial charge in [0, 0.05) is 6.08 Å². The average Bonchev–Trinajstić information content (AvgIpc) is 2.24. The highest BCUT2D eigenvalue weighted by Gasteiger charge is 2.35. The number of alkyl halides is 3. The first-order valence-corrected chi connectivity index (χ1v) is 4.51. The SMILES string of the molecule is COc1ccc(/C(=C\C(=O)O)C(F)(F)F)cc1. The van der Waals surface area contributed by atoms with Crippen LogP contribution in [0.25, 0.3) is 5.57 Å². The fourth-order valence-electron chi connectivity index (χ4n) is 1.22. The number of carboxylic acid groups (broad SMARTS) is 1. The summed E-state index contributed by atoms with van der Waals surface area (Å²) in [7, 11) is 1.38. The summed E-state index contributed by atoms with van der Waals surface area (Å²) in [4.78, 5) is 10.4. The minimum atomic E-state index is -4.72. The van der Waals surface area contributed by atoms with Gasteiger partial charge in [-0.05, 0) is 17.7 Å². The molecule has 0 aliphatic heterocycles. The van der Waals surface area contributed by atoms with Crippen LogP contribution in [0.1, 0.15) is 5.56 Å². The number of hydrogen-bond acceptors (Lipinski definition) is 2. The van der Waals surface area contributed by atoms with Crippen LogP contribution in [0.5, 0.6) is 5.75 Å². The van der Waals surface area contributed by atoms with Crippen molar-refractivity contribution in [1.82, 2.24) is 0 Å². The van der Waals surface area contributed by atoms with E-state index in [1.165, 1.54) is 19.2 Å². The molecule has 0 fully saturated rings. The van der Waals surface area contributed by atoms with Crippen molar-refractivity contribution in [2.45, 2.75) is 6.18 Å². The van der Waals surface area contributed by atoms with Gasteiger partial charge in [-0.15, -0.1) is 0 Å². The Balaban J connectivity index is 3.19. The van der Waals surface area contributed by atoms with Gasteiger partial charge < -0.3 is 9.84 Å². The molecule has 0 unspecified atom stereocenters. The Labute approximate surface area is 95.1 Å². The quantitative estimate of drug-likeness (QED) is 0.834. The van der Waals surface area contributed by atoms with Crippen LogP contribution < -0.4 is 4.74 Å². The van der Waals surface area contributed by atoms with E-state index < -0.39 is 17.7 Å². The molecule has 0 bridgehead atoms. The minimum absolute atomic E-state index is 0.141. The zero-order valence-electron chi connectivity index (χ0n) is 8.78. The lowest BCUT2D eigenvalue weighted by Gasteiger charge is -2.11. The third kappa shape index (κ3) is 3.51. The van der Waals surface area contributed by atoms with Crippen LogP contribution in [-0.2, 0) is 4.79 Å². The van der Waals surface area contributed by atoms with E-state index in [4.69, 9.17) is 9.84 Å². The lowest BCUT2D eigenvalue weighted by Crippen LogP contribution is -2.12. The van der Waals surface area contributed by atoms with Crippen molar-refractivity contribution in [3.05, 3.63) is 35.9 Å². The molecule has 3 nitrogen and oxygen atoms in total. The van der Waals surface area contributed by atoms with Gasteiger partial charge in [-0.1, -0.05) is 12.1 Å². The molecule has 0 saturated heterocycles. The van der Waals surface area contributed by atoms with Crippen LogP contribution in [0.3, 0.4) is 0 Å².